The van der Waals surface area contributed by atoms with Gasteiger partial charge in [-0.15, -0.1) is 0 Å². The average molecular weight is 273 g/mol. The van der Waals surface area contributed by atoms with Crippen LogP contribution < -0.4 is 10.1 Å². The minimum atomic E-state index is -0.413. The lowest BCUT2D eigenvalue weighted by atomic mass is 10.1. The van der Waals surface area contributed by atoms with Gasteiger partial charge in [0.2, 0.25) is 0 Å². The van der Waals surface area contributed by atoms with E-state index < -0.39 is 5.91 Å². The highest BCUT2D eigenvalue weighted by Gasteiger charge is 2.10. The maximum Gasteiger partial charge on any atom is 0.255 e. The van der Waals surface area contributed by atoms with Crippen LogP contribution in [0.3, 0.4) is 0 Å². The van der Waals surface area contributed by atoms with Crippen LogP contribution in [0.2, 0.25) is 0 Å². The summed E-state index contributed by atoms with van der Waals surface area (Å²) in [6.45, 7) is 1.85. The Morgan fingerprint density at radius 3 is 2.30 bits per heavy atom. The predicted octanol–water partition coefficient (Wildman–Crippen LogP) is 2.67. The van der Waals surface area contributed by atoms with Gasteiger partial charge in [0.1, 0.15) is 17.2 Å². The molecule has 0 aliphatic rings. The monoisotopic (exact) mass is 273 g/mol. The number of methoxy groups -OCH3 is 1. The Morgan fingerprint density at radius 1 is 1.10 bits per heavy atom. The van der Waals surface area contributed by atoms with Crippen molar-refractivity contribution in [3.63, 3.8) is 0 Å². The Morgan fingerprint density at radius 2 is 1.75 bits per heavy atom. The first-order chi connectivity index (χ1) is 9.49. The van der Waals surface area contributed by atoms with Crippen LogP contribution in [0.1, 0.15) is 15.9 Å². The number of aryl methyl sites for hydroxylation is 1. The average Bonchev–Trinajstić information content (AvgIpc) is 2.39. The molecule has 0 unspecified atom stereocenters. The molecule has 0 spiro atoms. The Balaban J connectivity index is 2.23. The van der Waals surface area contributed by atoms with Gasteiger partial charge in [-0.3, -0.25) is 4.79 Å². The highest BCUT2D eigenvalue weighted by atomic mass is 16.5. The number of benzene rings is 2. The fourth-order valence-electron chi connectivity index (χ4n) is 1.82. The van der Waals surface area contributed by atoms with Crippen LogP contribution in [-0.4, -0.2) is 23.2 Å². The number of aromatic hydroxyl groups is 2. The van der Waals surface area contributed by atoms with Gasteiger partial charge in [-0.2, -0.15) is 0 Å². The van der Waals surface area contributed by atoms with Crippen molar-refractivity contribution >= 4 is 11.6 Å². The minimum absolute atomic E-state index is 0.165. The van der Waals surface area contributed by atoms with E-state index in [1.165, 1.54) is 12.1 Å². The molecular weight excluding hydrogens is 258 g/mol. The van der Waals surface area contributed by atoms with Crippen LogP contribution >= 0.6 is 0 Å². The second-order valence-corrected chi connectivity index (χ2v) is 4.37. The van der Waals surface area contributed by atoms with Crippen molar-refractivity contribution in [3.8, 4) is 17.2 Å². The van der Waals surface area contributed by atoms with E-state index in [0.717, 1.165) is 11.6 Å². The number of rotatable bonds is 3. The van der Waals surface area contributed by atoms with Gasteiger partial charge in [-0.05, 0) is 42.8 Å². The van der Waals surface area contributed by atoms with E-state index in [0.29, 0.717) is 11.4 Å². The zero-order chi connectivity index (χ0) is 14.7. The van der Waals surface area contributed by atoms with Crippen molar-refractivity contribution in [1.29, 1.82) is 0 Å². The highest BCUT2D eigenvalue weighted by molar-refractivity contribution is 6.05. The first-order valence-electron chi connectivity index (χ1n) is 5.98. The van der Waals surface area contributed by atoms with Crippen LogP contribution in [0.25, 0.3) is 0 Å². The van der Waals surface area contributed by atoms with E-state index in [4.69, 9.17) is 4.74 Å². The Labute approximate surface area is 116 Å². The summed E-state index contributed by atoms with van der Waals surface area (Å²) in [5, 5.41) is 21.5. The van der Waals surface area contributed by atoms with Crippen LogP contribution in [0.4, 0.5) is 5.69 Å². The van der Waals surface area contributed by atoms with Gasteiger partial charge in [0, 0.05) is 17.3 Å². The second kappa shape index (κ2) is 5.52. The molecule has 2 aromatic rings. The number of hydrogen-bond acceptors (Lipinski definition) is 4. The number of phenolic OH excluding ortho intramolecular Hbond substituents is 2. The maximum absolute atomic E-state index is 12.1. The number of anilines is 1. The molecule has 0 heterocycles. The molecule has 3 N–H and O–H groups in total. The Hall–Kier alpha value is -2.69. The van der Waals surface area contributed by atoms with Gasteiger partial charge in [0.05, 0.1) is 7.11 Å². The molecule has 5 heteroatoms. The molecule has 5 nitrogen and oxygen atoms in total. The number of ether oxygens (including phenoxy) is 1. The van der Waals surface area contributed by atoms with Crippen molar-refractivity contribution in [2.75, 3.05) is 12.4 Å². The first kappa shape index (κ1) is 13.7. The smallest absolute Gasteiger partial charge is 0.255 e. The standard InChI is InChI=1S/C15H15NO4/c1-9-5-13(20-2)3-4-14(9)16-15(19)10-6-11(17)8-12(18)7-10/h3-8,17-18H,1-2H3,(H,16,19). The largest absolute Gasteiger partial charge is 0.508 e. The van der Waals surface area contributed by atoms with E-state index in [9.17, 15) is 15.0 Å². The summed E-state index contributed by atoms with van der Waals surface area (Å²) in [4.78, 5) is 12.1. The molecule has 0 fully saturated rings. The lowest BCUT2D eigenvalue weighted by Gasteiger charge is -2.10. The molecule has 0 aliphatic heterocycles. The van der Waals surface area contributed by atoms with Crippen molar-refractivity contribution < 1.29 is 19.7 Å². The van der Waals surface area contributed by atoms with Gasteiger partial charge in [0.15, 0.2) is 0 Å². The predicted molar refractivity (Wildman–Crippen MR) is 75.5 cm³/mol. The molecule has 2 aromatic carbocycles. The van der Waals surface area contributed by atoms with Gasteiger partial charge in [-0.25, -0.2) is 0 Å². The quantitative estimate of drug-likeness (QED) is 0.803. The van der Waals surface area contributed by atoms with E-state index in [1.807, 2.05) is 6.92 Å². The maximum atomic E-state index is 12.1. The van der Waals surface area contributed by atoms with Crippen molar-refractivity contribution in [2.45, 2.75) is 6.92 Å². The molecule has 0 saturated carbocycles. The molecule has 0 aliphatic carbocycles. The molecular formula is C15H15NO4. The summed E-state index contributed by atoms with van der Waals surface area (Å²) >= 11 is 0. The summed E-state index contributed by atoms with van der Waals surface area (Å²) in [6, 6.07) is 9.00. The molecule has 104 valence electrons. The summed E-state index contributed by atoms with van der Waals surface area (Å²) in [7, 11) is 1.57. The molecule has 1 amide bonds. The van der Waals surface area contributed by atoms with Crippen molar-refractivity contribution in [2.24, 2.45) is 0 Å². The van der Waals surface area contributed by atoms with Crippen molar-refractivity contribution in [3.05, 3.63) is 47.5 Å². The number of hydrogen-bond donors (Lipinski definition) is 3. The molecule has 0 aromatic heterocycles. The van der Waals surface area contributed by atoms with Crippen LogP contribution in [0, 0.1) is 6.92 Å². The molecule has 0 radical (unpaired) electrons. The summed E-state index contributed by atoms with van der Waals surface area (Å²) in [5.74, 6) is -0.0387. The highest BCUT2D eigenvalue weighted by Crippen LogP contribution is 2.24. The van der Waals surface area contributed by atoms with Crippen molar-refractivity contribution in [1.82, 2.24) is 0 Å². The number of phenols is 2. The SMILES string of the molecule is COc1ccc(NC(=O)c2cc(O)cc(O)c2)c(C)c1. The number of carbonyl (C=O) groups is 1. The van der Waals surface area contributed by atoms with Gasteiger partial charge in [-0.1, -0.05) is 0 Å². The fraction of sp³-hybridized carbons (Fsp3) is 0.133. The molecule has 0 bridgehead atoms. The topological polar surface area (TPSA) is 78.8 Å². The summed E-state index contributed by atoms with van der Waals surface area (Å²) < 4.78 is 5.09. The third kappa shape index (κ3) is 3.00. The van der Waals surface area contributed by atoms with Gasteiger partial charge >= 0.3 is 0 Å². The van der Waals surface area contributed by atoms with Gasteiger partial charge in [0.25, 0.3) is 5.91 Å². The van der Waals surface area contributed by atoms with E-state index in [2.05, 4.69) is 5.32 Å². The van der Waals surface area contributed by atoms with Crippen LogP contribution in [-0.2, 0) is 0 Å². The van der Waals surface area contributed by atoms with Crippen LogP contribution in [0.5, 0.6) is 17.2 Å². The molecule has 0 atom stereocenters. The number of nitrogens with one attached hydrogen (secondary N) is 1. The summed E-state index contributed by atoms with van der Waals surface area (Å²) in [5.41, 5.74) is 1.67. The Bertz CT molecular complexity index is 632. The molecule has 20 heavy (non-hydrogen) atoms. The van der Waals surface area contributed by atoms with E-state index in [-0.39, 0.29) is 17.1 Å². The lowest BCUT2D eigenvalue weighted by molar-refractivity contribution is 0.102. The third-order valence-corrected chi connectivity index (χ3v) is 2.85. The zero-order valence-corrected chi connectivity index (χ0v) is 11.2. The second-order valence-electron chi connectivity index (χ2n) is 4.37. The summed E-state index contributed by atoms with van der Waals surface area (Å²) in [6.07, 6.45) is 0. The normalized spacial score (nSPS) is 10.1. The minimum Gasteiger partial charge on any atom is -0.508 e. The fourth-order valence-corrected chi connectivity index (χ4v) is 1.82. The first-order valence-corrected chi connectivity index (χ1v) is 5.98. The lowest BCUT2D eigenvalue weighted by Crippen LogP contribution is -2.12. The zero-order valence-electron chi connectivity index (χ0n) is 11.2. The number of carbonyl (C=O) groups excluding carboxylic acids is 1. The third-order valence-electron chi connectivity index (χ3n) is 2.85. The number of amides is 1. The van der Waals surface area contributed by atoms with Crippen LogP contribution in [0.15, 0.2) is 36.4 Å². The Kier molecular flexibility index (Phi) is 3.79. The van der Waals surface area contributed by atoms with Gasteiger partial charge < -0.3 is 20.3 Å². The molecule has 0 saturated heterocycles. The van der Waals surface area contributed by atoms with E-state index in [1.54, 1.807) is 25.3 Å². The molecule has 2 rings (SSSR count). The van der Waals surface area contributed by atoms with E-state index >= 15 is 0 Å².